The van der Waals surface area contributed by atoms with Gasteiger partial charge in [-0.15, -0.1) is 0 Å². The van der Waals surface area contributed by atoms with Gasteiger partial charge in [-0.1, -0.05) is 0 Å². The zero-order valence-corrected chi connectivity index (χ0v) is 17.9. The summed E-state index contributed by atoms with van der Waals surface area (Å²) in [6.07, 6.45) is 17.8. The Morgan fingerprint density at radius 1 is 0.381 bits per heavy atom. The first-order valence-electron chi connectivity index (χ1n) is 10.2. The number of hydrogen-bond acceptors (Lipinski definition) is 0. The summed E-state index contributed by atoms with van der Waals surface area (Å²) in [6, 6.07) is 0. The van der Waals surface area contributed by atoms with Gasteiger partial charge in [-0.3, -0.25) is 0 Å². The van der Waals surface area contributed by atoms with Gasteiger partial charge in [-0.2, -0.15) is 0 Å². The molecule has 0 aliphatic carbocycles. The molecular weight excluding hydrogens is 315 g/mol. The van der Waals surface area contributed by atoms with Crippen molar-refractivity contribution in [1.29, 1.82) is 0 Å². The van der Waals surface area contributed by atoms with Crippen molar-refractivity contribution in [1.82, 2.24) is 0 Å². The third kappa shape index (κ3) is 11.7. The van der Waals surface area contributed by atoms with Gasteiger partial charge in [-0.05, 0) is 0 Å². The van der Waals surface area contributed by atoms with Crippen LogP contribution in [0.4, 0.5) is 0 Å². The fourth-order valence-corrected chi connectivity index (χ4v) is 15.3. The van der Waals surface area contributed by atoms with Crippen LogP contribution in [-0.4, -0.2) is 13.6 Å². The van der Waals surface area contributed by atoms with Gasteiger partial charge in [0.15, 0.2) is 0 Å². The van der Waals surface area contributed by atoms with E-state index in [1.54, 1.807) is 46.5 Å². The Kier molecular flexibility index (Phi) is 15.9. The van der Waals surface area contributed by atoms with E-state index < -0.39 is 13.6 Å². The molecule has 0 saturated heterocycles. The summed E-state index contributed by atoms with van der Waals surface area (Å²) in [6.45, 7) is 9.44. The Morgan fingerprint density at radius 2 is 0.619 bits per heavy atom. The van der Waals surface area contributed by atoms with Crippen LogP contribution in [0.15, 0.2) is 0 Å². The van der Waals surface area contributed by atoms with Crippen LogP contribution in [0.1, 0.15) is 105 Å². The molecule has 0 aromatic heterocycles. The summed E-state index contributed by atoms with van der Waals surface area (Å²) in [5, 5.41) is 6.80. The van der Waals surface area contributed by atoms with E-state index in [1.165, 1.54) is 51.4 Å². The second-order valence-electron chi connectivity index (χ2n) is 7.33. The molecule has 0 aliphatic heterocycles. The Balaban J connectivity index is 4.52. The van der Waals surface area contributed by atoms with Crippen molar-refractivity contribution in [3.63, 3.8) is 0 Å². The monoisotopic (exact) mass is 360 g/mol. The topological polar surface area (TPSA) is 0 Å². The number of hydrogen-bond donors (Lipinski definition) is 0. The summed E-state index contributed by atoms with van der Waals surface area (Å²) in [5.41, 5.74) is 0. The molecule has 1 heteroatoms. The van der Waals surface area contributed by atoms with E-state index in [4.69, 9.17) is 0 Å². The first-order chi connectivity index (χ1) is 10.2. The molecule has 0 aliphatic rings. The van der Waals surface area contributed by atoms with Crippen LogP contribution in [0.3, 0.4) is 0 Å². The van der Waals surface area contributed by atoms with E-state index >= 15 is 0 Å². The molecular formula is C20H45As. The molecule has 130 valence electrons. The van der Waals surface area contributed by atoms with Gasteiger partial charge in [0, 0.05) is 0 Å². The molecule has 0 atom stereocenters. The molecule has 0 spiro atoms. The normalized spacial score (nSPS) is 12.8. The van der Waals surface area contributed by atoms with Crippen LogP contribution in [0, 0.1) is 0 Å². The van der Waals surface area contributed by atoms with Crippen LogP contribution >= 0.6 is 0 Å². The Labute approximate surface area is 139 Å². The third-order valence-electron chi connectivity index (χ3n) is 5.24. The summed E-state index contributed by atoms with van der Waals surface area (Å²) >= 11 is -1.52. The summed E-state index contributed by atoms with van der Waals surface area (Å²) in [4.78, 5) is 0. The standard InChI is InChI=1S/C20H45As/c1-5-9-13-17-21(18-14-10-6-2,19-15-11-7-3)20-16-12-8-4/h21H,5-20H2,1-4H3. The molecule has 0 saturated carbocycles. The molecule has 0 unspecified atom stereocenters. The van der Waals surface area contributed by atoms with Gasteiger partial charge in [0.2, 0.25) is 0 Å². The first-order valence-corrected chi connectivity index (χ1v) is 16.2. The van der Waals surface area contributed by atoms with Gasteiger partial charge >= 0.3 is 139 Å². The fraction of sp³-hybridized carbons (Fsp3) is 1.00. The summed E-state index contributed by atoms with van der Waals surface area (Å²) in [7, 11) is 0. The molecule has 0 amide bonds. The van der Waals surface area contributed by atoms with E-state index in [0.29, 0.717) is 0 Å². The Morgan fingerprint density at radius 3 is 0.810 bits per heavy atom. The van der Waals surface area contributed by atoms with Gasteiger partial charge in [0.25, 0.3) is 0 Å². The van der Waals surface area contributed by atoms with Gasteiger partial charge < -0.3 is 0 Å². The van der Waals surface area contributed by atoms with Crippen LogP contribution in [0.5, 0.6) is 0 Å². The molecule has 0 heterocycles. The molecule has 0 radical (unpaired) electrons. The van der Waals surface area contributed by atoms with E-state index in [0.717, 1.165) is 0 Å². The van der Waals surface area contributed by atoms with Crippen LogP contribution in [0.25, 0.3) is 0 Å². The molecule has 0 aromatic rings. The van der Waals surface area contributed by atoms with E-state index in [-0.39, 0.29) is 0 Å². The number of unbranched alkanes of at least 4 members (excludes halogenated alkanes) is 8. The zero-order chi connectivity index (χ0) is 15.8. The average molecular weight is 361 g/mol. The Hall–Kier alpha value is 0.558. The Bertz CT molecular complexity index is 155. The van der Waals surface area contributed by atoms with E-state index in [1.807, 2.05) is 0 Å². The van der Waals surface area contributed by atoms with Gasteiger partial charge in [-0.25, -0.2) is 0 Å². The predicted molar refractivity (Wildman–Crippen MR) is 104 cm³/mol. The summed E-state index contributed by atoms with van der Waals surface area (Å²) in [5.74, 6) is 0. The quantitative estimate of drug-likeness (QED) is 0.194. The van der Waals surface area contributed by atoms with Gasteiger partial charge in [0.05, 0.1) is 0 Å². The molecule has 0 N–H and O–H groups in total. The van der Waals surface area contributed by atoms with Crippen molar-refractivity contribution in [2.75, 3.05) is 0 Å². The molecule has 0 nitrogen and oxygen atoms in total. The minimum atomic E-state index is -1.52. The third-order valence-corrected chi connectivity index (χ3v) is 17.1. The van der Waals surface area contributed by atoms with E-state index in [9.17, 15) is 0 Å². The maximum atomic E-state index is 2.36. The molecule has 0 aromatic carbocycles. The van der Waals surface area contributed by atoms with Crippen molar-refractivity contribution in [2.24, 2.45) is 0 Å². The molecule has 0 bridgehead atoms. The molecule has 21 heavy (non-hydrogen) atoms. The summed E-state index contributed by atoms with van der Waals surface area (Å²) < 4.78 is 0. The maximum absolute atomic E-state index is 2.36. The minimum absolute atomic E-state index is 1.40. The first kappa shape index (κ1) is 21.6. The molecule has 0 rings (SSSR count). The van der Waals surface area contributed by atoms with E-state index in [2.05, 4.69) is 27.7 Å². The second-order valence-corrected chi connectivity index (χ2v) is 17.8. The van der Waals surface area contributed by atoms with Crippen molar-refractivity contribution in [2.45, 2.75) is 126 Å². The fourth-order valence-electron chi connectivity index (χ4n) is 3.75. The van der Waals surface area contributed by atoms with Crippen molar-refractivity contribution in [3.05, 3.63) is 0 Å². The van der Waals surface area contributed by atoms with Crippen molar-refractivity contribution >= 4 is 13.6 Å². The molecule has 0 fully saturated rings. The van der Waals surface area contributed by atoms with Crippen LogP contribution in [0.2, 0.25) is 20.8 Å². The van der Waals surface area contributed by atoms with Crippen molar-refractivity contribution in [3.8, 4) is 0 Å². The van der Waals surface area contributed by atoms with Gasteiger partial charge in [0.1, 0.15) is 0 Å². The second kappa shape index (κ2) is 15.5. The van der Waals surface area contributed by atoms with Crippen LogP contribution in [-0.2, 0) is 0 Å². The van der Waals surface area contributed by atoms with Crippen LogP contribution < -0.4 is 0 Å². The number of rotatable bonds is 16. The van der Waals surface area contributed by atoms with Crippen molar-refractivity contribution < 1.29 is 0 Å². The zero-order valence-electron chi connectivity index (χ0n) is 15.8. The predicted octanol–water partition coefficient (Wildman–Crippen LogP) is 7.93. The SMILES string of the molecule is CCCCC[AsH](CCCCC)(CCCCC)CCCCC. The average Bonchev–Trinajstić information content (AvgIpc) is 2.48.